The van der Waals surface area contributed by atoms with Crippen LogP contribution in [0.25, 0.3) is 0 Å². The van der Waals surface area contributed by atoms with Gasteiger partial charge in [-0.15, -0.1) is 0 Å². The van der Waals surface area contributed by atoms with Crippen LogP contribution in [0, 0.1) is 5.92 Å². The Bertz CT molecular complexity index is 1200. The van der Waals surface area contributed by atoms with Gasteiger partial charge in [0.2, 0.25) is 11.8 Å². The molecule has 2 amide bonds. The smallest absolute Gasteiger partial charge is 0.245 e. The molecule has 3 aromatic carbocycles. The Balaban J connectivity index is 1.29. The Morgan fingerprint density at radius 1 is 1.09 bits per heavy atom. The minimum absolute atomic E-state index is 0.0937. The van der Waals surface area contributed by atoms with E-state index in [-0.39, 0.29) is 18.2 Å². The van der Waals surface area contributed by atoms with Crippen molar-refractivity contribution in [1.29, 1.82) is 0 Å². The van der Waals surface area contributed by atoms with Crippen LogP contribution in [0.2, 0.25) is 5.02 Å². The van der Waals surface area contributed by atoms with E-state index in [4.69, 9.17) is 21.1 Å². The maximum Gasteiger partial charge on any atom is 0.245 e. The van der Waals surface area contributed by atoms with Gasteiger partial charge in [0.05, 0.1) is 18.7 Å². The van der Waals surface area contributed by atoms with Gasteiger partial charge >= 0.3 is 0 Å². The fraction of sp³-hybridized carbons (Fsp3) is 0.222. The number of carbonyl (C=O) groups is 2. The number of amides is 2. The van der Waals surface area contributed by atoms with E-state index >= 15 is 0 Å². The Labute approximate surface area is 209 Å². The molecule has 1 aliphatic rings. The first-order valence-electron chi connectivity index (χ1n) is 11.4. The van der Waals surface area contributed by atoms with Crippen molar-refractivity contribution < 1.29 is 19.1 Å². The van der Waals surface area contributed by atoms with Crippen molar-refractivity contribution in [3.05, 3.63) is 88.9 Å². The quantitative estimate of drug-likeness (QED) is 0.344. The van der Waals surface area contributed by atoms with Crippen LogP contribution in [0.1, 0.15) is 24.5 Å². The molecule has 4 rings (SSSR count). The summed E-state index contributed by atoms with van der Waals surface area (Å²) in [6.07, 6.45) is 1.69. The van der Waals surface area contributed by atoms with Gasteiger partial charge in [-0.25, -0.2) is 5.43 Å². The molecule has 0 spiro atoms. The number of nitrogens with one attached hydrogen (secondary N) is 1. The maximum absolute atomic E-state index is 12.6. The van der Waals surface area contributed by atoms with Gasteiger partial charge < -0.3 is 14.4 Å². The molecule has 0 saturated carbocycles. The largest absolute Gasteiger partial charge is 0.494 e. The predicted octanol–water partition coefficient (Wildman–Crippen LogP) is 4.82. The molecule has 0 bridgehead atoms. The summed E-state index contributed by atoms with van der Waals surface area (Å²) in [6, 6.07) is 22.1. The number of benzene rings is 3. The molecule has 1 saturated heterocycles. The van der Waals surface area contributed by atoms with Crippen LogP contribution < -0.4 is 19.8 Å². The van der Waals surface area contributed by atoms with E-state index in [9.17, 15) is 9.59 Å². The van der Waals surface area contributed by atoms with Gasteiger partial charge in [-0.2, -0.15) is 5.10 Å². The number of carbonyl (C=O) groups excluding carboxylic acids is 2. The number of hydrogen-bond acceptors (Lipinski definition) is 5. The van der Waals surface area contributed by atoms with E-state index in [0.717, 1.165) is 22.6 Å². The summed E-state index contributed by atoms with van der Waals surface area (Å²) < 4.78 is 11.3. The first-order chi connectivity index (χ1) is 17.0. The Morgan fingerprint density at radius 3 is 2.60 bits per heavy atom. The van der Waals surface area contributed by atoms with E-state index in [2.05, 4.69) is 10.5 Å². The molecule has 8 heteroatoms. The van der Waals surface area contributed by atoms with Crippen molar-refractivity contribution in [3.8, 4) is 11.5 Å². The van der Waals surface area contributed by atoms with Crippen LogP contribution >= 0.6 is 11.6 Å². The van der Waals surface area contributed by atoms with Crippen molar-refractivity contribution >= 4 is 35.3 Å². The van der Waals surface area contributed by atoms with Gasteiger partial charge in [0, 0.05) is 23.7 Å². The minimum atomic E-state index is -0.472. The van der Waals surface area contributed by atoms with Crippen LogP contribution in [0.3, 0.4) is 0 Å². The standard InChI is InChI=1S/C27H26ClN3O4/c1-2-34-24-12-10-23(11-13-24)31-17-21(15-26(31)32)27(33)30-29-16-20-4-3-5-25(14-20)35-18-19-6-8-22(28)9-7-19/h3-14,16,21H,2,15,17-18H2,1H3,(H,30,33)/b29-16-/t21-/m1/s1. The zero-order chi connectivity index (χ0) is 24.6. The third-order valence-electron chi connectivity index (χ3n) is 5.52. The summed E-state index contributed by atoms with van der Waals surface area (Å²) in [4.78, 5) is 26.7. The molecule has 0 aliphatic carbocycles. The second-order valence-electron chi connectivity index (χ2n) is 8.05. The number of hydrogen-bond donors (Lipinski definition) is 1. The van der Waals surface area contributed by atoms with Gasteiger partial charge in [-0.1, -0.05) is 35.9 Å². The lowest BCUT2D eigenvalue weighted by molar-refractivity contribution is -0.126. The number of nitrogens with zero attached hydrogens (tertiary/aromatic N) is 2. The highest BCUT2D eigenvalue weighted by Crippen LogP contribution is 2.27. The molecule has 0 aromatic heterocycles. The fourth-order valence-corrected chi connectivity index (χ4v) is 3.84. The maximum atomic E-state index is 12.6. The molecule has 3 aromatic rings. The highest BCUT2D eigenvalue weighted by molar-refractivity contribution is 6.30. The Hall–Kier alpha value is -3.84. The third-order valence-corrected chi connectivity index (χ3v) is 5.77. The van der Waals surface area contributed by atoms with E-state index in [1.54, 1.807) is 11.1 Å². The average molecular weight is 492 g/mol. The summed E-state index contributed by atoms with van der Waals surface area (Å²) in [5.41, 5.74) is 5.08. The van der Waals surface area contributed by atoms with Crippen molar-refractivity contribution in [2.24, 2.45) is 11.0 Å². The number of ether oxygens (including phenoxy) is 2. The fourth-order valence-electron chi connectivity index (χ4n) is 3.72. The lowest BCUT2D eigenvalue weighted by Gasteiger charge is -2.17. The second kappa shape index (κ2) is 11.5. The van der Waals surface area contributed by atoms with Gasteiger partial charge in [-0.3, -0.25) is 9.59 Å². The third kappa shape index (κ3) is 6.61. The molecule has 0 radical (unpaired) electrons. The molecule has 7 nitrogen and oxygen atoms in total. The van der Waals surface area contributed by atoms with E-state index in [1.165, 1.54) is 0 Å². The SMILES string of the molecule is CCOc1ccc(N2C[C@H](C(=O)N/N=C\c3cccc(OCc4ccc(Cl)cc4)c3)CC2=O)cc1. The molecular formula is C27H26ClN3O4. The first kappa shape index (κ1) is 24.3. The van der Waals surface area contributed by atoms with Gasteiger partial charge in [0.15, 0.2) is 0 Å². The monoisotopic (exact) mass is 491 g/mol. The molecule has 0 unspecified atom stereocenters. The highest BCUT2D eigenvalue weighted by atomic mass is 35.5. The lowest BCUT2D eigenvalue weighted by Crippen LogP contribution is -2.30. The number of halogens is 1. The van der Waals surface area contributed by atoms with Crippen LogP contribution in [-0.2, 0) is 16.2 Å². The predicted molar refractivity (Wildman–Crippen MR) is 136 cm³/mol. The number of rotatable bonds is 9. The zero-order valence-corrected chi connectivity index (χ0v) is 20.1. The molecule has 35 heavy (non-hydrogen) atoms. The second-order valence-corrected chi connectivity index (χ2v) is 8.49. The van der Waals surface area contributed by atoms with Gasteiger partial charge in [0.1, 0.15) is 18.1 Å². The van der Waals surface area contributed by atoms with E-state index in [1.807, 2.05) is 79.7 Å². The average Bonchev–Trinajstić information content (AvgIpc) is 3.26. The van der Waals surface area contributed by atoms with Crippen LogP contribution in [0.5, 0.6) is 11.5 Å². The molecule has 1 heterocycles. The molecule has 1 atom stereocenters. The summed E-state index contributed by atoms with van der Waals surface area (Å²) in [5, 5.41) is 4.75. The summed E-state index contributed by atoms with van der Waals surface area (Å²) in [6.45, 7) is 3.21. The Kier molecular flexibility index (Phi) is 8.00. The Morgan fingerprint density at radius 2 is 1.86 bits per heavy atom. The van der Waals surface area contributed by atoms with Crippen molar-refractivity contribution in [2.45, 2.75) is 20.0 Å². The summed E-state index contributed by atoms with van der Waals surface area (Å²) in [7, 11) is 0. The normalized spacial score (nSPS) is 15.4. The van der Waals surface area contributed by atoms with Crippen LogP contribution in [-0.4, -0.2) is 31.2 Å². The molecule has 1 aliphatic heterocycles. The van der Waals surface area contributed by atoms with Crippen LogP contribution in [0.4, 0.5) is 5.69 Å². The van der Waals surface area contributed by atoms with Crippen molar-refractivity contribution in [1.82, 2.24) is 5.43 Å². The van der Waals surface area contributed by atoms with Crippen molar-refractivity contribution in [2.75, 3.05) is 18.1 Å². The number of hydrazone groups is 1. The topological polar surface area (TPSA) is 80.2 Å². The molecule has 1 fully saturated rings. The summed E-state index contributed by atoms with van der Waals surface area (Å²) >= 11 is 5.91. The zero-order valence-electron chi connectivity index (χ0n) is 19.3. The molecule has 1 N–H and O–H groups in total. The lowest BCUT2D eigenvalue weighted by atomic mass is 10.1. The van der Waals surface area contributed by atoms with Crippen molar-refractivity contribution in [3.63, 3.8) is 0 Å². The highest BCUT2D eigenvalue weighted by Gasteiger charge is 2.35. The summed E-state index contributed by atoms with van der Waals surface area (Å²) in [5.74, 6) is 0.566. The first-order valence-corrected chi connectivity index (χ1v) is 11.7. The van der Waals surface area contributed by atoms with Gasteiger partial charge in [0.25, 0.3) is 0 Å². The minimum Gasteiger partial charge on any atom is -0.494 e. The van der Waals surface area contributed by atoms with E-state index < -0.39 is 5.92 Å². The number of anilines is 1. The molecule has 180 valence electrons. The van der Waals surface area contributed by atoms with Gasteiger partial charge in [-0.05, 0) is 66.6 Å². The van der Waals surface area contributed by atoms with Crippen LogP contribution in [0.15, 0.2) is 77.9 Å². The molecular weight excluding hydrogens is 466 g/mol. The van der Waals surface area contributed by atoms with E-state index in [0.29, 0.717) is 30.5 Å².